The van der Waals surface area contributed by atoms with Crippen molar-refractivity contribution in [2.75, 3.05) is 34.5 Å². The summed E-state index contributed by atoms with van der Waals surface area (Å²) in [5, 5.41) is 3.39. The first-order valence-corrected chi connectivity index (χ1v) is 8.18. The lowest BCUT2D eigenvalue weighted by molar-refractivity contribution is 0.0202. The number of nitrogens with one attached hydrogen (secondary N) is 1. The topological polar surface area (TPSA) is 55.3 Å². The average Bonchev–Trinajstić information content (AvgIpc) is 2.97. The van der Waals surface area contributed by atoms with E-state index in [1.807, 2.05) is 25.2 Å². The lowest BCUT2D eigenvalue weighted by Crippen LogP contribution is -2.45. The maximum absolute atomic E-state index is 5.59. The fraction of sp³-hybridized carbons (Fsp3) is 0.611. The molecule has 0 aliphatic carbocycles. The number of rotatable bonds is 5. The molecule has 0 spiro atoms. The molecule has 6 nitrogen and oxygen atoms in total. The van der Waals surface area contributed by atoms with Gasteiger partial charge in [-0.25, -0.2) is 0 Å². The Balaban J connectivity index is 1.95. The van der Waals surface area contributed by atoms with Crippen LogP contribution in [0.1, 0.15) is 26.3 Å². The fourth-order valence-electron chi connectivity index (χ4n) is 2.70. The molecule has 1 aromatic carbocycles. The lowest BCUT2D eigenvalue weighted by atomic mass is 9.89. The van der Waals surface area contributed by atoms with E-state index < -0.39 is 0 Å². The minimum Gasteiger partial charge on any atom is -0.454 e. The van der Waals surface area contributed by atoms with Gasteiger partial charge in [-0.3, -0.25) is 4.99 Å². The molecule has 0 saturated heterocycles. The Morgan fingerprint density at radius 3 is 2.67 bits per heavy atom. The molecule has 0 radical (unpaired) electrons. The highest BCUT2D eigenvalue weighted by molar-refractivity contribution is 5.79. The van der Waals surface area contributed by atoms with Gasteiger partial charge in [0, 0.05) is 34.3 Å². The Kier molecular flexibility index (Phi) is 5.94. The standard InChI is InChI=1S/C18H29N3O3/c1-18(2,3)16(22-6)10-20-17(19-4)21(5)11-13-7-8-14-15(9-13)24-12-23-14/h7-9,16H,10-12H2,1-6H3,(H,19,20). The number of guanidine groups is 1. The zero-order valence-corrected chi connectivity index (χ0v) is 15.5. The third-order valence-corrected chi connectivity index (χ3v) is 4.13. The van der Waals surface area contributed by atoms with Gasteiger partial charge in [0.1, 0.15) is 0 Å². The molecule has 1 aromatic rings. The molecule has 0 saturated carbocycles. The van der Waals surface area contributed by atoms with E-state index in [0.717, 1.165) is 29.6 Å². The summed E-state index contributed by atoms with van der Waals surface area (Å²) in [5.74, 6) is 2.44. The number of hydrogen-bond acceptors (Lipinski definition) is 4. The number of hydrogen-bond donors (Lipinski definition) is 1. The molecule has 1 aliphatic rings. The molecule has 0 aromatic heterocycles. The number of aliphatic imine (C=N–C) groups is 1. The van der Waals surface area contributed by atoms with Crippen LogP contribution in [0.5, 0.6) is 11.5 Å². The van der Waals surface area contributed by atoms with Crippen molar-refractivity contribution in [3.8, 4) is 11.5 Å². The molecule has 2 rings (SSSR count). The number of nitrogens with zero attached hydrogens (tertiary/aromatic N) is 2. The average molecular weight is 335 g/mol. The van der Waals surface area contributed by atoms with Crippen LogP contribution >= 0.6 is 0 Å². The first-order valence-electron chi connectivity index (χ1n) is 8.18. The Hall–Kier alpha value is -1.95. The van der Waals surface area contributed by atoms with Crippen molar-refractivity contribution >= 4 is 5.96 Å². The second-order valence-corrected chi connectivity index (χ2v) is 7.06. The van der Waals surface area contributed by atoms with Crippen LogP contribution in [-0.2, 0) is 11.3 Å². The van der Waals surface area contributed by atoms with E-state index in [1.54, 1.807) is 14.2 Å². The third kappa shape index (κ3) is 4.54. The van der Waals surface area contributed by atoms with Gasteiger partial charge in [0.2, 0.25) is 6.79 Å². The number of fused-ring (bicyclic) bond motifs is 1. The fourth-order valence-corrected chi connectivity index (χ4v) is 2.70. The highest BCUT2D eigenvalue weighted by Gasteiger charge is 2.24. The summed E-state index contributed by atoms with van der Waals surface area (Å²) in [6.07, 6.45) is 0.105. The van der Waals surface area contributed by atoms with E-state index in [2.05, 4.69) is 36.0 Å². The van der Waals surface area contributed by atoms with Gasteiger partial charge in [0.15, 0.2) is 17.5 Å². The molecule has 0 amide bonds. The van der Waals surface area contributed by atoms with Gasteiger partial charge in [-0.05, 0) is 23.1 Å². The van der Waals surface area contributed by atoms with Gasteiger partial charge < -0.3 is 24.4 Å². The Bertz CT molecular complexity index is 581. The van der Waals surface area contributed by atoms with Crippen molar-refractivity contribution in [3.05, 3.63) is 23.8 Å². The quantitative estimate of drug-likeness (QED) is 0.662. The molecule has 1 atom stereocenters. The molecule has 0 bridgehead atoms. The first-order chi connectivity index (χ1) is 11.3. The molecule has 1 aliphatic heterocycles. The summed E-state index contributed by atoms with van der Waals surface area (Å²) in [6, 6.07) is 6.01. The monoisotopic (exact) mass is 335 g/mol. The normalized spacial score (nSPS) is 15.3. The van der Waals surface area contributed by atoms with E-state index in [4.69, 9.17) is 14.2 Å². The van der Waals surface area contributed by atoms with Crippen molar-refractivity contribution < 1.29 is 14.2 Å². The van der Waals surface area contributed by atoms with Crippen LogP contribution in [0.4, 0.5) is 0 Å². The zero-order valence-electron chi connectivity index (χ0n) is 15.5. The van der Waals surface area contributed by atoms with Crippen molar-refractivity contribution in [2.45, 2.75) is 33.4 Å². The molecule has 24 heavy (non-hydrogen) atoms. The number of benzene rings is 1. The summed E-state index contributed by atoms with van der Waals surface area (Å²) in [5.41, 5.74) is 1.21. The highest BCUT2D eigenvalue weighted by atomic mass is 16.7. The van der Waals surface area contributed by atoms with E-state index in [-0.39, 0.29) is 11.5 Å². The second kappa shape index (κ2) is 7.75. The summed E-state index contributed by atoms with van der Waals surface area (Å²) in [6.45, 7) is 8.23. The van der Waals surface area contributed by atoms with Crippen molar-refractivity contribution in [3.63, 3.8) is 0 Å². The van der Waals surface area contributed by atoms with Gasteiger partial charge in [0.25, 0.3) is 0 Å². The van der Waals surface area contributed by atoms with Gasteiger partial charge >= 0.3 is 0 Å². The van der Waals surface area contributed by atoms with E-state index in [1.165, 1.54) is 0 Å². The molecule has 6 heteroatoms. The summed E-state index contributed by atoms with van der Waals surface area (Å²) in [4.78, 5) is 6.44. The molecule has 1 heterocycles. The van der Waals surface area contributed by atoms with Crippen molar-refractivity contribution in [1.29, 1.82) is 0 Å². The molecule has 1 unspecified atom stereocenters. The van der Waals surface area contributed by atoms with E-state index >= 15 is 0 Å². The van der Waals surface area contributed by atoms with Crippen LogP contribution in [0, 0.1) is 5.41 Å². The Morgan fingerprint density at radius 1 is 1.33 bits per heavy atom. The molecule has 1 N–H and O–H groups in total. The summed E-state index contributed by atoms with van der Waals surface area (Å²) >= 11 is 0. The Labute approximate surface area is 144 Å². The minimum atomic E-state index is 0.0660. The minimum absolute atomic E-state index is 0.0660. The number of ether oxygens (including phenoxy) is 3. The molecule has 134 valence electrons. The van der Waals surface area contributed by atoms with E-state index in [0.29, 0.717) is 13.3 Å². The van der Waals surface area contributed by atoms with Gasteiger partial charge in [-0.15, -0.1) is 0 Å². The summed E-state index contributed by atoms with van der Waals surface area (Å²) in [7, 11) is 5.55. The van der Waals surface area contributed by atoms with Crippen LogP contribution in [0.15, 0.2) is 23.2 Å². The van der Waals surface area contributed by atoms with E-state index in [9.17, 15) is 0 Å². The smallest absolute Gasteiger partial charge is 0.231 e. The Morgan fingerprint density at radius 2 is 2.04 bits per heavy atom. The largest absolute Gasteiger partial charge is 0.454 e. The molecular formula is C18H29N3O3. The second-order valence-electron chi connectivity index (χ2n) is 7.06. The van der Waals surface area contributed by atoms with Crippen LogP contribution < -0.4 is 14.8 Å². The summed E-state index contributed by atoms with van der Waals surface area (Å²) < 4.78 is 16.4. The highest BCUT2D eigenvalue weighted by Crippen LogP contribution is 2.32. The predicted molar refractivity (Wildman–Crippen MR) is 95.6 cm³/mol. The maximum atomic E-state index is 5.59. The van der Waals surface area contributed by atoms with Gasteiger partial charge in [0.05, 0.1) is 6.10 Å². The van der Waals surface area contributed by atoms with Crippen molar-refractivity contribution in [2.24, 2.45) is 10.4 Å². The lowest BCUT2D eigenvalue weighted by Gasteiger charge is -2.31. The van der Waals surface area contributed by atoms with Gasteiger partial charge in [-0.2, -0.15) is 0 Å². The number of methoxy groups -OCH3 is 1. The van der Waals surface area contributed by atoms with Crippen molar-refractivity contribution in [1.82, 2.24) is 10.2 Å². The zero-order chi connectivity index (χ0) is 17.7. The SMILES string of the molecule is CN=C(NCC(OC)C(C)(C)C)N(C)Cc1ccc2c(c1)OCO2. The predicted octanol–water partition coefficient (Wildman–Crippen LogP) is 2.48. The third-order valence-electron chi connectivity index (χ3n) is 4.13. The van der Waals surface area contributed by atoms with Crippen LogP contribution in [-0.4, -0.2) is 51.5 Å². The molecule has 0 fully saturated rings. The van der Waals surface area contributed by atoms with Gasteiger partial charge in [-0.1, -0.05) is 26.8 Å². The van der Waals surface area contributed by atoms with Crippen LogP contribution in [0.3, 0.4) is 0 Å². The van der Waals surface area contributed by atoms with Crippen LogP contribution in [0.2, 0.25) is 0 Å². The molecular weight excluding hydrogens is 306 g/mol. The first kappa shape index (κ1) is 18.4. The maximum Gasteiger partial charge on any atom is 0.231 e. The van der Waals surface area contributed by atoms with Crippen LogP contribution in [0.25, 0.3) is 0 Å².